The van der Waals surface area contributed by atoms with Crippen LogP contribution < -0.4 is 54.8 Å². The van der Waals surface area contributed by atoms with Gasteiger partial charge in [-0.1, -0.05) is 27.7 Å². The molecular weight excluding hydrogens is 642 g/mol. The maximum absolute atomic E-state index is 13.2. The van der Waals surface area contributed by atoms with Crippen molar-refractivity contribution in [1.29, 1.82) is 0 Å². The van der Waals surface area contributed by atoms with Gasteiger partial charge in [-0.2, -0.15) is 0 Å². The average molecular weight is 700 g/mol. The van der Waals surface area contributed by atoms with Crippen LogP contribution in [-0.4, -0.2) is 108 Å². The van der Waals surface area contributed by atoms with Gasteiger partial charge in [-0.15, -0.1) is 0 Å². The van der Waals surface area contributed by atoms with Gasteiger partial charge in [-0.25, -0.2) is 0 Å². The van der Waals surface area contributed by atoms with Crippen LogP contribution in [0, 0.1) is 11.8 Å². The van der Waals surface area contributed by atoms with Gasteiger partial charge in [0, 0.05) is 13.5 Å². The van der Waals surface area contributed by atoms with E-state index in [1.165, 1.54) is 13.8 Å². The summed E-state index contributed by atoms with van der Waals surface area (Å²) >= 11 is 0. The molecule has 0 aromatic heterocycles. The largest absolute Gasteiger partial charge is 0.391 e. The number of nitrogens with zero attached hydrogens (tertiary/aromatic N) is 1. The molecule has 0 aliphatic heterocycles. The third-order valence-corrected chi connectivity index (χ3v) is 7.24. The van der Waals surface area contributed by atoms with E-state index in [0.29, 0.717) is 19.4 Å². The summed E-state index contributed by atoms with van der Waals surface area (Å²) in [7, 11) is 0. The Morgan fingerprint density at radius 1 is 0.653 bits per heavy atom. The summed E-state index contributed by atoms with van der Waals surface area (Å²) in [6.07, 6.45) is 0.0204. The number of primary amides is 1. The summed E-state index contributed by atoms with van der Waals surface area (Å²) in [4.78, 5) is 92.5. The van der Waals surface area contributed by atoms with Crippen LogP contribution in [0.3, 0.4) is 0 Å². The maximum atomic E-state index is 13.2. The average Bonchev–Trinajstić information content (AvgIpc) is 2.99. The molecule has 0 spiro atoms. The molecule has 7 amide bonds. The third kappa shape index (κ3) is 18.0. The first-order chi connectivity index (χ1) is 22.8. The van der Waals surface area contributed by atoms with Crippen LogP contribution in [0.4, 0.5) is 0 Å². The van der Waals surface area contributed by atoms with Gasteiger partial charge in [-0.3, -0.25) is 38.6 Å². The molecule has 15 N–H and O–H groups in total. The van der Waals surface area contributed by atoms with Crippen molar-refractivity contribution in [3.8, 4) is 0 Å². The zero-order valence-electron chi connectivity index (χ0n) is 29.3. The van der Waals surface area contributed by atoms with Gasteiger partial charge < -0.3 is 59.9 Å². The molecule has 0 aromatic carbocycles. The molecule has 0 bridgehead atoms. The Morgan fingerprint density at radius 2 is 1.18 bits per heavy atom. The van der Waals surface area contributed by atoms with Gasteiger partial charge in [0.1, 0.15) is 30.2 Å². The van der Waals surface area contributed by atoms with Crippen molar-refractivity contribution in [3.63, 3.8) is 0 Å². The van der Waals surface area contributed by atoms with Crippen LogP contribution in [0.15, 0.2) is 4.99 Å². The fourth-order valence-corrected chi connectivity index (χ4v) is 4.55. The molecule has 0 saturated heterocycles. The number of aliphatic hydroxyl groups excluding tert-OH is 1. The lowest BCUT2D eigenvalue weighted by Gasteiger charge is -2.28. The monoisotopic (exact) mass is 699 g/mol. The minimum Gasteiger partial charge on any atom is -0.391 e. The number of aliphatic hydroxyl groups is 1. The Hall–Kier alpha value is -4.52. The van der Waals surface area contributed by atoms with Gasteiger partial charge in [0.05, 0.1) is 12.6 Å². The van der Waals surface area contributed by atoms with E-state index in [1.807, 2.05) is 0 Å². The SMILES string of the molecule is CC(=O)N[C@H](C(=O)N[C@H](C(=O)N[C@@H](CCCCN)C(=O)NCC(=O)N[C@@H](CCCN=C(N)N)C(=O)N[C@H](C(N)=O)C(C)C)[C@@H](C)O)C(C)C. The quantitative estimate of drug-likeness (QED) is 0.0277. The molecule has 6 atom stereocenters. The number of nitrogens with one attached hydrogen (secondary N) is 6. The van der Waals surface area contributed by atoms with Crippen molar-refractivity contribution in [3.05, 3.63) is 0 Å². The van der Waals surface area contributed by atoms with Crippen LogP contribution in [0.5, 0.6) is 0 Å². The number of nitrogens with two attached hydrogens (primary N) is 4. The number of unbranched alkanes of at least 4 members (excludes halogenated alkanes) is 1. The highest BCUT2D eigenvalue weighted by atomic mass is 16.3. The van der Waals surface area contributed by atoms with E-state index in [9.17, 15) is 38.7 Å². The Kier molecular flexibility index (Phi) is 20.8. The first-order valence-corrected chi connectivity index (χ1v) is 16.3. The Bertz CT molecular complexity index is 1160. The van der Waals surface area contributed by atoms with Crippen LogP contribution in [0.2, 0.25) is 0 Å². The molecule has 0 heterocycles. The molecule has 19 heteroatoms. The van der Waals surface area contributed by atoms with E-state index in [4.69, 9.17) is 22.9 Å². The molecular formula is C30H57N11O8. The molecule has 0 unspecified atom stereocenters. The Balaban J connectivity index is 5.76. The van der Waals surface area contributed by atoms with Gasteiger partial charge in [0.15, 0.2) is 5.96 Å². The Morgan fingerprint density at radius 3 is 1.67 bits per heavy atom. The predicted octanol–water partition coefficient (Wildman–Crippen LogP) is -4.09. The normalized spacial score (nSPS) is 14.7. The summed E-state index contributed by atoms with van der Waals surface area (Å²) in [6.45, 7) is 9.15. The van der Waals surface area contributed by atoms with Crippen LogP contribution in [0.25, 0.3) is 0 Å². The van der Waals surface area contributed by atoms with Crippen LogP contribution in [0.1, 0.15) is 73.6 Å². The second kappa shape index (κ2) is 22.9. The van der Waals surface area contributed by atoms with Crippen molar-refractivity contribution in [2.45, 2.75) is 110 Å². The van der Waals surface area contributed by atoms with E-state index in [2.05, 4.69) is 36.9 Å². The smallest absolute Gasteiger partial charge is 0.245 e. The molecule has 0 saturated carbocycles. The number of hydrogen-bond donors (Lipinski definition) is 11. The topological polar surface area (TPSA) is 328 Å². The van der Waals surface area contributed by atoms with Gasteiger partial charge in [-0.05, 0) is 57.4 Å². The molecule has 0 radical (unpaired) electrons. The summed E-state index contributed by atoms with van der Waals surface area (Å²) in [5, 5.41) is 25.2. The first-order valence-electron chi connectivity index (χ1n) is 16.3. The van der Waals surface area contributed by atoms with E-state index >= 15 is 0 Å². The second-order valence-corrected chi connectivity index (χ2v) is 12.4. The number of carbonyl (C=O) groups excluding carboxylic acids is 7. The zero-order chi connectivity index (χ0) is 37.8. The van der Waals surface area contributed by atoms with Crippen molar-refractivity contribution in [2.75, 3.05) is 19.6 Å². The molecule has 0 rings (SSSR count). The zero-order valence-corrected chi connectivity index (χ0v) is 29.3. The molecule has 0 aliphatic carbocycles. The minimum absolute atomic E-state index is 0.0791. The number of hydrogen-bond acceptors (Lipinski definition) is 10. The van der Waals surface area contributed by atoms with Crippen molar-refractivity contribution >= 4 is 47.3 Å². The van der Waals surface area contributed by atoms with E-state index < -0.39 is 84.2 Å². The summed E-state index contributed by atoms with van der Waals surface area (Å²) in [5.41, 5.74) is 21.7. The van der Waals surface area contributed by atoms with Crippen molar-refractivity contribution in [2.24, 2.45) is 39.8 Å². The van der Waals surface area contributed by atoms with E-state index in [0.717, 1.165) is 0 Å². The van der Waals surface area contributed by atoms with E-state index in [1.54, 1.807) is 27.7 Å². The first kappa shape index (κ1) is 44.5. The van der Waals surface area contributed by atoms with Gasteiger partial charge in [0.25, 0.3) is 0 Å². The minimum atomic E-state index is -1.48. The van der Waals surface area contributed by atoms with Crippen LogP contribution >= 0.6 is 0 Å². The number of carbonyl (C=O) groups is 7. The highest BCUT2D eigenvalue weighted by Gasteiger charge is 2.33. The Labute approximate surface area is 287 Å². The van der Waals surface area contributed by atoms with Gasteiger partial charge >= 0.3 is 0 Å². The van der Waals surface area contributed by atoms with E-state index in [-0.39, 0.29) is 43.6 Å². The summed E-state index contributed by atoms with van der Waals surface area (Å²) < 4.78 is 0. The maximum Gasteiger partial charge on any atom is 0.245 e. The summed E-state index contributed by atoms with van der Waals surface area (Å²) in [6, 6.07) is -5.80. The number of rotatable bonds is 23. The summed E-state index contributed by atoms with van der Waals surface area (Å²) in [5.74, 6) is -5.82. The highest BCUT2D eigenvalue weighted by molar-refractivity contribution is 5.96. The molecule has 0 aliphatic rings. The molecule has 0 fully saturated rings. The standard InChI is InChI=1S/C30H57N11O8/c1-15(2)22(25(32)45)40-27(47)20(11-9-13-35-30(33)34)38-21(44)14-36-26(46)19(10-7-8-12-31)39-29(49)24(17(5)42)41-28(48)23(16(3)4)37-18(6)43/h15-17,19-20,22-24,42H,7-14,31H2,1-6H3,(H2,32,45)(H,36,46)(H,37,43)(H,38,44)(H,39,49)(H,40,47)(H,41,48)(H4,33,34,35)/t17-,19+,20+,22+,23+,24+/m1/s1. The molecule has 280 valence electrons. The van der Waals surface area contributed by atoms with Crippen molar-refractivity contribution < 1.29 is 38.7 Å². The number of guanidine groups is 1. The fraction of sp³-hybridized carbons (Fsp3) is 0.733. The predicted molar refractivity (Wildman–Crippen MR) is 182 cm³/mol. The lowest BCUT2D eigenvalue weighted by atomic mass is 10.0. The third-order valence-electron chi connectivity index (χ3n) is 7.24. The molecule has 19 nitrogen and oxygen atoms in total. The fourth-order valence-electron chi connectivity index (χ4n) is 4.55. The molecule has 0 aromatic rings. The van der Waals surface area contributed by atoms with Gasteiger partial charge in [0.2, 0.25) is 41.4 Å². The number of aliphatic imine (C=N–C) groups is 1. The van der Waals surface area contributed by atoms with Crippen molar-refractivity contribution in [1.82, 2.24) is 31.9 Å². The highest BCUT2D eigenvalue weighted by Crippen LogP contribution is 2.07. The number of amides is 7. The lowest BCUT2D eigenvalue weighted by Crippen LogP contribution is -2.60. The molecule has 49 heavy (non-hydrogen) atoms. The lowest BCUT2D eigenvalue weighted by molar-refractivity contribution is -0.136. The van der Waals surface area contributed by atoms with Crippen LogP contribution in [-0.2, 0) is 33.6 Å². The second-order valence-electron chi connectivity index (χ2n) is 12.4.